The minimum absolute atomic E-state index is 0.332. The molecule has 2 amide bonds. The molecule has 0 bridgehead atoms. The van der Waals surface area contributed by atoms with Crippen LogP contribution in [0, 0.1) is 0 Å². The van der Waals surface area contributed by atoms with Crippen LogP contribution >= 0.6 is 0 Å². The minimum Gasteiger partial charge on any atom is -0.388 e. The van der Waals surface area contributed by atoms with Crippen LogP contribution in [0.25, 0.3) is 0 Å². The van der Waals surface area contributed by atoms with E-state index in [2.05, 4.69) is 10.6 Å². The van der Waals surface area contributed by atoms with E-state index in [1.165, 1.54) is 0 Å². The predicted molar refractivity (Wildman–Crippen MR) is 72.4 cm³/mol. The Balaban J connectivity index is 4.25. The number of hydrogen-bond donors (Lipinski definition) is 4. The Kier molecular flexibility index (Phi) is 5.96. The van der Waals surface area contributed by atoms with Crippen LogP contribution in [-0.2, 0) is 9.59 Å². The average Bonchev–Trinajstić information content (AvgIpc) is 2.13. The highest BCUT2D eigenvalue weighted by molar-refractivity contribution is 5.97. The van der Waals surface area contributed by atoms with Gasteiger partial charge in [0.2, 0.25) is 11.8 Å². The van der Waals surface area contributed by atoms with E-state index in [1.54, 1.807) is 41.5 Å². The number of nitrogens with one attached hydrogen (secondary N) is 2. The highest BCUT2D eigenvalue weighted by Gasteiger charge is 2.26. The third-order valence-corrected chi connectivity index (χ3v) is 3.20. The van der Waals surface area contributed by atoms with Gasteiger partial charge in [-0.15, -0.1) is 0 Å². The SMILES string of the molecule is CC(NC(=O)CC(=O)NC(C)C(C)(C)O)C(C)(C)O. The highest BCUT2D eigenvalue weighted by atomic mass is 16.3. The van der Waals surface area contributed by atoms with Crippen molar-refractivity contribution in [1.82, 2.24) is 10.6 Å². The van der Waals surface area contributed by atoms with Gasteiger partial charge in [0.25, 0.3) is 0 Å². The van der Waals surface area contributed by atoms with Gasteiger partial charge < -0.3 is 20.8 Å². The molecular weight excluding hydrogens is 248 g/mol. The maximum Gasteiger partial charge on any atom is 0.229 e. The van der Waals surface area contributed by atoms with E-state index in [4.69, 9.17) is 0 Å². The summed E-state index contributed by atoms with van der Waals surface area (Å²) >= 11 is 0. The fourth-order valence-electron chi connectivity index (χ4n) is 1.08. The summed E-state index contributed by atoms with van der Waals surface area (Å²) in [5, 5.41) is 24.4. The molecule has 0 aromatic heterocycles. The zero-order valence-corrected chi connectivity index (χ0v) is 12.6. The first kappa shape index (κ1) is 17.9. The van der Waals surface area contributed by atoms with Crippen molar-refractivity contribution in [3.63, 3.8) is 0 Å². The zero-order chi connectivity index (χ0) is 15.4. The van der Waals surface area contributed by atoms with Crippen LogP contribution in [0.2, 0.25) is 0 Å². The van der Waals surface area contributed by atoms with E-state index in [0.717, 1.165) is 0 Å². The molecule has 112 valence electrons. The molecule has 0 aliphatic heterocycles. The van der Waals surface area contributed by atoms with Crippen molar-refractivity contribution >= 4 is 11.8 Å². The number of hydrogen-bond acceptors (Lipinski definition) is 4. The molecule has 6 heteroatoms. The molecule has 0 aliphatic carbocycles. The van der Waals surface area contributed by atoms with Crippen molar-refractivity contribution in [3.05, 3.63) is 0 Å². The molecule has 0 saturated carbocycles. The Hall–Kier alpha value is -1.14. The fourth-order valence-corrected chi connectivity index (χ4v) is 1.08. The van der Waals surface area contributed by atoms with Crippen LogP contribution < -0.4 is 10.6 Å². The minimum atomic E-state index is -1.05. The van der Waals surface area contributed by atoms with Crippen LogP contribution in [-0.4, -0.2) is 45.3 Å². The Morgan fingerprint density at radius 1 is 0.895 bits per heavy atom. The second-order valence-corrected chi connectivity index (χ2v) is 6.06. The quantitative estimate of drug-likeness (QED) is 0.509. The second-order valence-electron chi connectivity index (χ2n) is 6.06. The van der Waals surface area contributed by atoms with Crippen molar-refractivity contribution < 1.29 is 19.8 Å². The maximum absolute atomic E-state index is 11.6. The van der Waals surface area contributed by atoms with Crippen LogP contribution in [0.3, 0.4) is 0 Å². The predicted octanol–water partition coefficient (Wildman–Crippen LogP) is -0.0723. The Morgan fingerprint density at radius 3 is 1.37 bits per heavy atom. The van der Waals surface area contributed by atoms with Gasteiger partial charge in [-0.2, -0.15) is 0 Å². The van der Waals surface area contributed by atoms with Gasteiger partial charge in [0.05, 0.1) is 23.3 Å². The smallest absolute Gasteiger partial charge is 0.229 e. The van der Waals surface area contributed by atoms with Crippen molar-refractivity contribution in [1.29, 1.82) is 0 Å². The maximum atomic E-state index is 11.6. The standard InChI is InChI=1S/C13H26N2O4/c1-8(12(3,4)18)14-10(16)7-11(17)15-9(2)13(5,6)19/h8-9,18-19H,7H2,1-6H3,(H,14,16)(H,15,17). The summed E-state index contributed by atoms with van der Waals surface area (Å²) in [7, 11) is 0. The van der Waals surface area contributed by atoms with Crippen LogP contribution in [0.5, 0.6) is 0 Å². The first-order chi connectivity index (χ1) is 8.34. The van der Waals surface area contributed by atoms with Gasteiger partial charge in [-0.1, -0.05) is 0 Å². The molecule has 19 heavy (non-hydrogen) atoms. The largest absolute Gasteiger partial charge is 0.388 e. The lowest BCUT2D eigenvalue weighted by molar-refractivity contribution is -0.131. The lowest BCUT2D eigenvalue weighted by Crippen LogP contribution is -2.50. The molecule has 0 aliphatic rings. The van der Waals surface area contributed by atoms with E-state index in [1.807, 2.05) is 0 Å². The third-order valence-electron chi connectivity index (χ3n) is 3.20. The van der Waals surface area contributed by atoms with Gasteiger partial charge in [0.15, 0.2) is 0 Å². The molecule has 0 rings (SSSR count). The van der Waals surface area contributed by atoms with Crippen molar-refractivity contribution in [2.75, 3.05) is 0 Å². The van der Waals surface area contributed by atoms with Gasteiger partial charge in [0.1, 0.15) is 6.42 Å². The number of amides is 2. The van der Waals surface area contributed by atoms with E-state index in [0.29, 0.717) is 0 Å². The van der Waals surface area contributed by atoms with Crippen molar-refractivity contribution in [2.45, 2.75) is 71.2 Å². The molecule has 0 aromatic rings. The molecular formula is C13H26N2O4. The first-order valence-electron chi connectivity index (χ1n) is 6.37. The normalized spacial score (nSPS) is 15.6. The second kappa shape index (κ2) is 6.34. The molecule has 2 atom stereocenters. The Morgan fingerprint density at radius 2 is 1.16 bits per heavy atom. The summed E-state index contributed by atoms with van der Waals surface area (Å²) in [6.07, 6.45) is -0.332. The summed E-state index contributed by atoms with van der Waals surface area (Å²) in [6.45, 7) is 9.63. The molecule has 2 unspecified atom stereocenters. The summed E-state index contributed by atoms with van der Waals surface area (Å²) in [5.41, 5.74) is -2.10. The highest BCUT2D eigenvalue weighted by Crippen LogP contribution is 2.09. The summed E-state index contributed by atoms with van der Waals surface area (Å²) in [4.78, 5) is 23.2. The zero-order valence-electron chi connectivity index (χ0n) is 12.6. The van der Waals surface area contributed by atoms with Gasteiger partial charge in [-0.3, -0.25) is 9.59 Å². The molecule has 6 nitrogen and oxygen atoms in total. The summed E-state index contributed by atoms with van der Waals surface area (Å²) in [6, 6.07) is -0.918. The Bertz CT molecular complexity index is 297. The number of aliphatic hydroxyl groups is 2. The van der Waals surface area contributed by atoms with Gasteiger partial charge in [-0.25, -0.2) is 0 Å². The molecule has 0 radical (unpaired) electrons. The number of rotatable bonds is 6. The number of carbonyl (C=O) groups excluding carboxylic acids is 2. The lowest BCUT2D eigenvalue weighted by Gasteiger charge is -2.28. The van der Waals surface area contributed by atoms with Crippen LogP contribution in [0.15, 0.2) is 0 Å². The molecule has 0 saturated heterocycles. The number of carbonyl (C=O) groups is 2. The molecule has 0 heterocycles. The van der Waals surface area contributed by atoms with Gasteiger partial charge in [-0.05, 0) is 41.5 Å². The summed E-state index contributed by atoms with van der Waals surface area (Å²) in [5.74, 6) is -0.926. The van der Waals surface area contributed by atoms with Gasteiger partial charge in [0, 0.05) is 0 Å². The first-order valence-corrected chi connectivity index (χ1v) is 6.37. The van der Waals surface area contributed by atoms with E-state index >= 15 is 0 Å². The summed E-state index contributed by atoms with van der Waals surface area (Å²) < 4.78 is 0. The van der Waals surface area contributed by atoms with E-state index < -0.39 is 35.1 Å². The third kappa shape index (κ3) is 7.12. The van der Waals surface area contributed by atoms with E-state index in [-0.39, 0.29) is 6.42 Å². The van der Waals surface area contributed by atoms with Crippen LogP contribution in [0.4, 0.5) is 0 Å². The lowest BCUT2D eigenvalue weighted by atomic mass is 10.0. The molecule has 4 N–H and O–H groups in total. The Labute approximate surface area is 114 Å². The monoisotopic (exact) mass is 274 g/mol. The van der Waals surface area contributed by atoms with Crippen molar-refractivity contribution in [3.8, 4) is 0 Å². The van der Waals surface area contributed by atoms with Crippen LogP contribution in [0.1, 0.15) is 48.0 Å². The molecule has 0 aromatic carbocycles. The molecule has 0 spiro atoms. The average molecular weight is 274 g/mol. The fraction of sp³-hybridized carbons (Fsp3) is 0.846. The van der Waals surface area contributed by atoms with Gasteiger partial charge >= 0.3 is 0 Å². The topological polar surface area (TPSA) is 98.7 Å². The molecule has 0 fully saturated rings. The van der Waals surface area contributed by atoms with E-state index in [9.17, 15) is 19.8 Å². The van der Waals surface area contributed by atoms with Crippen molar-refractivity contribution in [2.24, 2.45) is 0 Å².